The van der Waals surface area contributed by atoms with Crippen molar-refractivity contribution in [2.24, 2.45) is 11.8 Å². The predicted octanol–water partition coefficient (Wildman–Crippen LogP) is 0.176. The zero-order chi connectivity index (χ0) is 11.8. The Hall–Kier alpha value is -1.20. The van der Waals surface area contributed by atoms with Crippen molar-refractivity contribution in [3.8, 4) is 0 Å². The van der Waals surface area contributed by atoms with Crippen molar-refractivity contribution in [2.45, 2.75) is 25.6 Å². The average Bonchev–Trinajstić information content (AvgIpc) is 2.92. The minimum Gasteiger partial charge on any atom is -0.393 e. The molecule has 5 heteroatoms. The monoisotopic (exact) mass is 235 g/mol. The van der Waals surface area contributed by atoms with E-state index < -0.39 is 0 Å². The van der Waals surface area contributed by atoms with Crippen LogP contribution in [0.5, 0.6) is 0 Å². The summed E-state index contributed by atoms with van der Waals surface area (Å²) < 4.78 is 0. The van der Waals surface area contributed by atoms with Crippen LogP contribution in [0.2, 0.25) is 0 Å². The molecular weight excluding hydrogens is 218 g/mol. The fourth-order valence-electron chi connectivity index (χ4n) is 3.02. The van der Waals surface area contributed by atoms with Crippen molar-refractivity contribution in [1.82, 2.24) is 9.97 Å². The van der Waals surface area contributed by atoms with Crippen LogP contribution in [0.25, 0.3) is 0 Å². The molecule has 3 atom stereocenters. The number of nitrogens with zero attached hydrogens (tertiary/aromatic N) is 3. The van der Waals surface area contributed by atoms with Crippen LogP contribution in [0.15, 0.2) is 12.4 Å². The molecule has 2 N–H and O–H groups in total. The van der Waals surface area contributed by atoms with Gasteiger partial charge in [-0.2, -0.15) is 0 Å². The van der Waals surface area contributed by atoms with Gasteiger partial charge in [0.1, 0.15) is 5.82 Å². The van der Waals surface area contributed by atoms with Crippen molar-refractivity contribution in [1.29, 1.82) is 0 Å². The molecule has 92 valence electrons. The Morgan fingerprint density at radius 2 is 2.12 bits per heavy atom. The third kappa shape index (κ3) is 1.89. The number of aliphatic hydroxyl groups excluding tert-OH is 2. The molecule has 1 saturated heterocycles. The predicted molar refractivity (Wildman–Crippen MR) is 62.4 cm³/mol. The van der Waals surface area contributed by atoms with E-state index in [0.717, 1.165) is 31.7 Å². The second kappa shape index (κ2) is 4.23. The number of aromatic nitrogens is 2. The Labute approximate surface area is 100 Å². The van der Waals surface area contributed by atoms with E-state index in [1.54, 1.807) is 12.4 Å². The molecule has 0 bridgehead atoms. The van der Waals surface area contributed by atoms with Crippen molar-refractivity contribution in [3.05, 3.63) is 18.1 Å². The lowest BCUT2D eigenvalue weighted by atomic mass is 10.00. The maximum atomic E-state index is 9.85. The van der Waals surface area contributed by atoms with Crippen molar-refractivity contribution < 1.29 is 10.2 Å². The summed E-state index contributed by atoms with van der Waals surface area (Å²) in [5.41, 5.74) is 0.591. The number of aliphatic hydroxyl groups is 2. The molecule has 3 rings (SSSR count). The van der Waals surface area contributed by atoms with Gasteiger partial charge in [0.25, 0.3) is 0 Å². The first-order valence-electron chi connectivity index (χ1n) is 6.12. The van der Waals surface area contributed by atoms with Gasteiger partial charge in [-0.05, 0) is 18.8 Å². The lowest BCUT2D eigenvalue weighted by Gasteiger charge is -2.18. The normalized spacial score (nSPS) is 31.9. The molecule has 1 aromatic heterocycles. The van der Waals surface area contributed by atoms with E-state index in [1.165, 1.54) is 0 Å². The highest BCUT2D eigenvalue weighted by molar-refractivity contribution is 5.38. The van der Waals surface area contributed by atoms with Gasteiger partial charge in [-0.25, -0.2) is 4.98 Å². The number of anilines is 1. The minimum atomic E-state index is -0.144. The summed E-state index contributed by atoms with van der Waals surface area (Å²) in [6, 6.07) is 0. The second-order valence-corrected chi connectivity index (χ2v) is 5.00. The van der Waals surface area contributed by atoms with Gasteiger partial charge in [-0.1, -0.05) is 0 Å². The summed E-state index contributed by atoms with van der Waals surface area (Å²) >= 11 is 0. The molecule has 1 aliphatic heterocycles. The quantitative estimate of drug-likeness (QED) is 0.765. The number of rotatable bonds is 2. The fourth-order valence-corrected chi connectivity index (χ4v) is 3.02. The summed E-state index contributed by atoms with van der Waals surface area (Å²) in [4.78, 5) is 10.6. The van der Waals surface area contributed by atoms with Gasteiger partial charge in [0.15, 0.2) is 0 Å². The van der Waals surface area contributed by atoms with E-state index in [0.29, 0.717) is 17.5 Å². The zero-order valence-corrected chi connectivity index (χ0v) is 9.66. The van der Waals surface area contributed by atoms with Crippen LogP contribution in [0.4, 0.5) is 5.82 Å². The van der Waals surface area contributed by atoms with Crippen molar-refractivity contribution >= 4 is 5.82 Å². The van der Waals surface area contributed by atoms with Gasteiger partial charge in [0.2, 0.25) is 0 Å². The van der Waals surface area contributed by atoms with E-state index in [9.17, 15) is 5.11 Å². The smallest absolute Gasteiger partial charge is 0.147 e. The molecule has 2 aliphatic rings. The minimum absolute atomic E-state index is 0.0722. The van der Waals surface area contributed by atoms with Crippen molar-refractivity contribution in [2.75, 3.05) is 18.0 Å². The lowest BCUT2D eigenvalue weighted by molar-refractivity contribution is 0.133. The van der Waals surface area contributed by atoms with E-state index >= 15 is 0 Å². The van der Waals surface area contributed by atoms with Crippen molar-refractivity contribution in [3.63, 3.8) is 0 Å². The molecule has 2 heterocycles. The first kappa shape index (κ1) is 10.9. The van der Waals surface area contributed by atoms with E-state index in [4.69, 9.17) is 5.11 Å². The van der Waals surface area contributed by atoms with Crippen LogP contribution in [0.3, 0.4) is 0 Å². The van der Waals surface area contributed by atoms with E-state index in [-0.39, 0.29) is 12.7 Å². The maximum Gasteiger partial charge on any atom is 0.147 e. The first-order valence-corrected chi connectivity index (χ1v) is 6.12. The fraction of sp³-hybridized carbons (Fsp3) is 0.667. The molecule has 3 unspecified atom stereocenters. The molecule has 0 spiro atoms. The molecule has 0 amide bonds. The topological polar surface area (TPSA) is 69.5 Å². The summed E-state index contributed by atoms with van der Waals surface area (Å²) in [5.74, 6) is 1.85. The van der Waals surface area contributed by atoms with E-state index in [1.807, 2.05) is 0 Å². The van der Waals surface area contributed by atoms with E-state index in [2.05, 4.69) is 14.9 Å². The van der Waals surface area contributed by atoms with Gasteiger partial charge in [-0.3, -0.25) is 4.98 Å². The molecule has 1 saturated carbocycles. The number of hydrogen-bond donors (Lipinski definition) is 2. The highest BCUT2D eigenvalue weighted by Crippen LogP contribution is 2.39. The average molecular weight is 235 g/mol. The zero-order valence-electron chi connectivity index (χ0n) is 9.66. The SMILES string of the molecule is OCc1cnc(N2CC3CCC(O)C3C2)cn1. The first-order chi connectivity index (χ1) is 8.28. The molecule has 5 nitrogen and oxygen atoms in total. The molecule has 0 radical (unpaired) electrons. The Bertz CT molecular complexity index is 395. The molecule has 0 aromatic carbocycles. The Morgan fingerprint density at radius 1 is 1.24 bits per heavy atom. The highest BCUT2D eigenvalue weighted by atomic mass is 16.3. The van der Waals surface area contributed by atoms with Crippen LogP contribution in [-0.2, 0) is 6.61 Å². The molecule has 1 aliphatic carbocycles. The molecule has 17 heavy (non-hydrogen) atoms. The van der Waals surface area contributed by atoms with Gasteiger partial charge in [0.05, 0.1) is 30.8 Å². The standard InChI is InChI=1S/C12H17N3O2/c16-7-9-3-14-12(4-13-9)15-5-8-1-2-11(17)10(8)6-15/h3-4,8,10-11,16-17H,1-2,5-7H2. The summed E-state index contributed by atoms with van der Waals surface area (Å²) in [6.45, 7) is 1.77. The summed E-state index contributed by atoms with van der Waals surface area (Å²) in [5, 5.41) is 18.8. The van der Waals surface area contributed by atoms with Crippen LogP contribution in [0.1, 0.15) is 18.5 Å². The third-order valence-corrected chi connectivity index (χ3v) is 4.00. The third-order valence-electron chi connectivity index (χ3n) is 4.00. The van der Waals surface area contributed by atoms with Crippen LogP contribution < -0.4 is 4.90 Å². The van der Waals surface area contributed by atoms with Crippen LogP contribution in [-0.4, -0.2) is 39.4 Å². The van der Waals surface area contributed by atoms with Gasteiger partial charge in [-0.15, -0.1) is 0 Å². The Kier molecular flexibility index (Phi) is 2.72. The Morgan fingerprint density at radius 3 is 2.76 bits per heavy atom. The molecule has 2 fully saturated rings. The van der Waals surface area contributed by atoms with Crippen LogP contribution >= 0.6 is 0 Å². The Balaban J connectivity index is 1.73. The molecular formula is C12H17N3O2. The second-order valence-electron chi connectivity index (χ2n) is 5.00. The number of hydrogen-bond acceptors (Lipinski definition) is 5. The lowest BCUT2D eigenvalue weighted by Crippen LogP contribution is -2.25. The van der Waals surface area contributed by atoms with Gasteiger partial charge in [0, 0.05) is 19.0 Å². The maximum absolute atomic E-state index is 9.85. The van der Waals surface area contributed by atoms with Gasteiger partial charge < -0.3 is 15.1 Å². The summed E-state index contributed by atoms with van der Waals surface area (Å²) in [6.07, 6.45) is 5.23. The van der Waals surface area contributed by atoms with Crippen LogP contribution in [0, 0.1) is 11.8 Å². The molecule has 1 aromatic rings. The largest absolute Gasteiger partial charge is 0.393 e. The summed E-state index contributed by atoms with van der Waals surface area (Å²) in [7, 11) is 0. The van der Waals surface area contributed by atoms with Gasteiger partial charge >= 0.3 is 0 Å². The number of fused-ring (bicyclic) bond motifs is 1. The highest BCUT2D eigenvalue weighted by Gasteiger charge is 2.42.